The molecule has 0 bridgehead atoms. The average Bonchev–Trinajstić information content (AvgIpc) is 2.75. The van der Waals surface area contributed by atoms with Crippen molar-refractivity contribution in [3.8, 4) is 0 Å². The van der Waals surface area contributed by atoms with Crippen molar-refractivity contribution in [1.29, 1.82) is 0 Å². The van der Waals surface area contributed by atoms with Gasteiger partial charge < -0.3 is 14.4 Å². The number of hydrogen-bond donors (Lipinski definition) is 0. The SMILES string of the molecule is CC(c1cccc(N2C=CN(C)C2)c1)S(=O)[O-]. The molecule has 2 unspecified atom stereocenters. The summed E-state index contributed by atoms with van der Waals surface area (Å²) in [7, 11) is 2.00. The molecule has 2 atom stereocenters. The minimum absolute atomic E-state index is 0.473. The van der Waals surface area contributed by atoms with E-state index in [1.807, 2.05) is 43.7 Å². The minimum Gasteiger partial charge on any atom is -0.772 e. The van der Waals surface area contributed by atoms with E-state index in [9.17, 15) is 8.76 Å². The van der Waals surface area contributed by atoms with Crippen LogP contribution in [0.4, 0.5) is 5.69 Å². The van der Waals surface area contributed by atoms with Gasteiger partial charge in [-0.3, -0.25) is 4.21 Å². The molecule has 0 fully saturated rings. The van der Waals surface area contributed by atoms with Gasteiger partial charge in [0.05, 0.1) is 6.67 Å². The molecule has 4 nitrogen and oxygen atoms in total. The summed E-state index contributed by atoms with van der Waals surface area (Å²) in [6.45, 7) is 2.48. The van der Waals surface area contributed by atoms with Crippen LogP contribution in [0.1, 0.15) is 17.7 Å². The van der Waals surface area contributed by atoms with Gasteiger partial charge in [0, 0.05) is 30.4 Å². The second-order valence-corrected chi connectivity index (χ2v) is 5.39. The number of nitrogens with zero attached hydrogens (tertiary/aromatic N) is 2. The molecule has 0 saturated carbocycles. The van der Waals surface area contributed by atoms with Crippen LogP contribution < -0.4 is 4.90 Å². The highest BCUT2D eigenvalue weighted by Crippen LogP contribution is 2.25. The van der Waals surface area contributed by atoms with Gasteiger partial charge in [0.15, 0.2) is 0 Å². The Morgan fingerprint density at radius 2 is 2.18 bits per heavy atom. The molecule has 0 aliphatic carbocycles. The maximum atomic E-state index is 10.9. The lowest BCUT2D eigenvalue weighted by atomic mass is 10.1. The second kappa shape index (κ2) is 4.89. The van der Waals surface area contributed by atoms with Crippen molar-refractivity contribution in [2.75, 3.05) is 18.6 Å². The summed E-state index contributed by atoms with van der Waals surface area (Å²) in [5.41, 5.74) is 1.83. The maximum absolute atomic E-state index is 10.9. The molecule has 1 aliphatic rings. The van der Waals surface area contributed by atoms with E-state index in [4.69, 9.17) is 0 Å². The molecular weight excluding hydrogens is 236 g/mol. The molecule has 0 radical (unpaired) electrons. The molecular formula is C12H15N2O2S-. The van der Waals surface area contributed by atoms with Crippen molar-refractivity contribution in [1.82, 2.24) is 4.90 Å². The van der Waals surface area contributed by atoms with Gasteiger partial charge in [-0.25, -0.2) is 0 Å². The third kappa shape index (κ3) is 2.68. The monoisotopic (exact) mass is 251 g/mol. The average molecular weight is 251 g/mol. The maximum Gasteiger partial charge on any atom is 0.0938 e. The van der Waals surface area contributed by atoms with Gasteiger partial charge in [-0.15, -0.1) is 0 Å². The van der Waals surface area contributed by atoms with Gasteiger partial charge in [-0.05, 0) is 35.7 Å². The molecule has 1 aromatic carbocycles. The van der Waals surface area contributed by atoms with Crippen LogP contribution in [0, 0.1) is 0 Å². The summed E-state index contributed by atoms with van der Waals surface area (Å²) >= 11 is -2.08. The quantitative estimate of drug-likeness (QED) is 0.769. The molecule has 5 heteroatoms. The van der Waals surface area contributed by atoms with Crippen LogP contribution in [0.5, 0.6) is 0 Å². The first kappa shape index (κ1) is 12.1. The van der Waals surface area contributed by atoms with Crippen LogP contribution in [0.25, 0.3) is 0 Å². The van der Waals surface area contributed by atoms with Crippen molar-refractivity contribution < 1.29 is 8.76 Å². The van der Waals surface area contributed by atoms with Crippen LogP contribution in [0.3, 0.4) is 0 Å². The largest absolute Gasteiger partial charge is 0.772 e. The Morgan fingerprint density at radius 3 is 2.76 bits per heavy atom. The Labute approximate surface area is 104 Å². The van der Waals surface area contributed by atoms with Crippen molar-refractivity contribution >= 4 is 16.8 Å². The molecule has 1 aromatic rings. The zero-order valence-electron chi connectivity index (χ0n) is 9.87. The van der Waals surface area contributed by atoms with Crippen LogP contribution in [-0.2, 0) is 11.1 Å². The van der Waals surface area contributed by atoms with E-state index in [0.29, 0.717) is 0 Å². The highest BCUT2D eigenvalue weighted by atomic mass is 32.2. The molecule has 0 spiro atoms. The van der Waals surface area contributed by atoms with Crippen LogP contribution in [-0.4, -0.2) is 27.4 Å². The molecule has 1 aliphatic heterocycles. The van der Waals surface area contributed by atoms with Crippen molar-refractivity contribution in [3.05, 3.63) is 42.2 Å². The first-order valence-electron chi connectivity index (χ1n) is 5.41. The lowest BCUT2D eigenvalue weighted by molar-refractivity contribution is 0.495. The van der Waals surface area contributed by atoms with E-state index < -0.39 is 16.3 Å². The standard InChI is InChI=1S/C12H16N2O2S/c1-10(17(15)16)11-4-3-5-12(8-11)14-7-6-13(2)9-14/h3-8,10H,9H2,1-2H3,(H,15,16)/p-1. The number of hydrogen-bond acceptors (Lipinski definition) is 4. The molecule has 0 aromatic heterocycles. The van der Waals surface area contributed by atoms with Crippen LogP contribution in [0.15, 0.2) is 36.7 Å². The lowest BCUT2D eigenvalue weighted by Crippen LogP contribution is -2.21. The van der Waals surface area contributed by atoms with E-state index in [0.717, 1.165) is 17.9 Å². The molecule has 92 valence electrons. The highest BCUT2D eigenvalue weighted by Gasteiger charge is 2.12. The van der Waals surface area contributed by atoms with E-state index in [-0.39, 0.29) is 0 Å². The lowest BCUT2D eigenvalue weighted by Gasteiger charge is -2.21. The summed E-state index contributed by atoms with van der Waals surface area (Å²) < 4.78 is 21.9. The van der Waals surface area contributed by atoms with Gasteiger partial charge >= 0.3 is 0 Å². The third-order valence-corrected chi connectivity index (χ3v) is 3.69. The number of rotatable bonds is 3. The van der Waals surface area contributed by atoms with E-state index in [1.165, 1.54) is 0 Å². The number of benzene rings is 1. The zero-order chi connectivity index (χ0) is 12.4. The summed E-state index contributed by atoms with van der Waals surface area (Å²) in [5, 5.41) is -0.473. The Morgan fingerprint density at radius 1 is 1.41 bits per heavy atom. The van der Waals surface area contributed by atoms with Gasteiger partial charge in [-0.1, -0.05) is 12.1 Å². The predicted octanol–water partition coefficient (Wildman–Crippen LogP) is 1.81. The second-order valence-electron chi connectivity index (χ2n) is 4.16. The zero-order valence-corrected chi connectivity index (χ0v) is 10.7. The summed E-state index contributed by atoms with van der Waals surface area (Å²) in [6, 6.07) is 7.63. The normalized spacial score (nSPS) is 18.5. The Balaban J connectivity index is 2.23. The van der Waals surface area contributed by atoms with Gasteiger partial charge in [0.2, 0.25) is 0 Å². The molecule has 17 heavy (non-hydrogen) atoms. The third-order valence-electron chi connectivity index (χ3n) is 2.84. The fourth-order valence-corrected chi connectivity index (χ4v) is 2.13. The fourth-order valence-electron chi connectivity index (χ4n) is 1.76. The molecule has 2 rings (SSSR count). The smallest absolute Gasteiger partial charge is 0.0938 e. The van der Waals surface area contributed by atoms with E-state index in [2.05, 4.69) is 9.80 Å². The molecule has 1 heterocycles. The van der Waals surface area contributed by atoms with Gasteiger partial charge in [0.1, 0.15) is 0 Å². The molecule has 0 N–H and O–H groups in total. The van der Waals surface area contributed by atoms with Gasteiger partial charge in [-0.2, -0.15) is 0 Å². The Kier molecular flexibility index (Phi) is 3.49. The predicted molar refractivity (Wildman–Crippen MR) is 68.0 cm³/mol. The van der Waals surface area contributed by atoms with Crippen molar-refractivity contribution in [2.24, 2.45) is 0 Å². The summed E-state index contributed by atoms with van der Waals surface area (Å²) in [6.07, 6.45) is 3.97. The Bertz CT molecular complexity index is 462. The van der Waals surface area contributed by atoms with Crippen LogP contribution in [0.2, 0.25) is 0 Å². The first-order chi connectivity index (χ1) is 8.08. The minimum atomic E-state index is -2.08. The number of anilines is 1. The van der Waals surface area contributed by atoms with Gasteiger partial charge in [0.25, 0.3) is 0 Å². The summed E-state index contributed by atoms with van der Waals surface area (Å²) in [4.78, 5) is 4.13. The fraction of sp³-hybridized carbons (Fsp3) is 0.333. The topological polar surface area (TPSA) is 46.6 Å². The highest BCUT2D eigenvalue weighted by molar-refractivity contribution is 7.79. The first-order valence-corrected chi connectivity index (χ1v) is 6.55. The van der Waals surface area contributed by atoms with Crippen molar-refractivity contribution in [3.63, 3.8) is 0 Å². The van der Waals surface area contributed by atoms with Crippen molar-refractivity contribution in [2.45, 2.75) is 12.2 Å². The molecule has 0 amide bonds. The van der Waals surface area contributed by atoms with Crippen LogP contribution >= 0.6 is 0 Å². The Hall–Kier alpha value is -1.33. The van der Waals surface area contributed by atoms with E-state index in [1.54, 1.807) is 6.92 Å². The summed E-state index contributed by atoms with van der Waals surface area (Å²) in [5.74, 6) is 0. The van der Waals surface area contributed by atoms with E-state index >= 15 is 0 Å². The molecule has 0 saturated heterocycles.